The third-order valence-corrected chi connectivity index (χ3v) is 3.05. The summed E-state index contributed by atoms with van der Waals surface area (Å²) in [6.45, 7) is 4.46. The quantitative estimate of drug-likeness (QED) is 0.725. The van der Waals surface area contributed by atoms with Crippen molar-refractivity contribution in [1.82, 2.24) is 0 Å². The van der Waals surface area contributed by atoms with E-state index in [2.05, 4.69) is 6.92 Å². The van der Waals surface area contributed by atoms with Crippen molar-refractivity contribution in [3.05, 3.63) is 23.8 Å². The third-order valence-electron chi connectivity index (χ3n) is 3.05. The Morgan fingerprint density at radius 2 is 2.25 bits per heavy atom. The Hall–Kier alpha value is -1.51. The lowest BCUT2D eigenvalue weighted by Crippen LogP contribution is -2.31. The predicted molar refractivity (Wildman–Crippen MR) is 63.9 cm³/mol. The van der Waals surface area contributed by atoms with Gasteiger partial charge < -0.3 is 9.64 Å². The molecule has 1 unspecified atom stereocenters. The molecule has 16 heavy (non-hydrogen) atoms. The topological polar surface area (TPSA) is 29.5 Å². The highest BCUT2D eigenvalue weighted by Crippen LogP contribution is 2.35. The van der Waals surface area contributed by atoms with Crippen molar-refractivity contribution in [2.75, 3.05) is 18.6 Å². The second-order valence-electron chi connectivity index (χ2n) is 4.23. The van der Waals surface area contributed by atoms with E-state index in [0.717, 1.165) is 23.4 Å². The normalized spacial score (nSPS) is 20.1. The minimum Gasteiger partial charge on any atom is -0.490 e. The maximum atomic E-state index is 12.0. The number of aryl methyl sites for hydroxylation is 1. The van der Waals surface area contributed by atoms with Crippen molar-refractivity contribution in [1.29, 1.82) is 0 Å². The molecule has 1 aromatic rings. The Balaban J connectivity index is 2.51. The Morgan fingerprint density at radius 1 is 1.50 bits per heavy atom. The van der Waals surface area contributed by atoms with Gasteiger partial charge in [-0.1, -0.05) is 26.0 Å². The van der Waals surface area contributed by atoms with E-state index < -0.39 is 0 Å². The van der Waals surface area contributed by atoms with Gasteiger partial charge in [0, 0.05) is 7.05 Å². The van der Waals surface area contributed by atoms with Gasteiger partial charge in [-0.3, -0.25) is 4.79 Å². The summed E-state index contributed by atoms with van der Waals surface area (Å²) < 4.78 is 5.76. The number of carbonyl (C=O) groups excluding carboxylic acids is 1. The number of nitrogens with zero attached hydrogens (tertiary/aromatic N) is 1. The van der Waals surface area contributed by atoms with Crippen LogP contribution in [0.3, 0.4) is 0 Å². The van der Waals surface area contributed by atoms with Crippen molar-refractivity contribution < 1.29 is 9.53 Å². The molecule has 0 aliphatic carbocycles. The summed E-state index contributed by atoms with van der Waals surface area (Å²) in [7, 11) is 1.81. The monoisotopic (exact) mass is 219 g/mol. The fraction of sp³-hybridized carbons (Fsp3) is 0.462. The third kappa shape index (κ3) is 1.66. The standard InChI is InChI=1S/C13H17NO2/c1-4-10-6-5-7-11-12(10)16-8-9(2)13(15)14(11)3/h5-7,9H,4,8H2,1-3H3. The zero-order chi connectivity index (χ0) is 11.7. The molecule has 3 heteroatoms. The SMILES string of the molecule is CCc1cccc2c1OCC(C)C(=O)N2C. The summed E-state index contributed by atoms with van der Waals surface area (Å²) in [5, 5.41) is 0. The number of rotatable bonds is 1. The lowest BCUT2D eigenvalue weighted by atomic mass is 10.1. The lowest BCUT2D eigenvalue weighted by molar-refractivity contribution is -0.122. The van der Waals surface area contributed by atoms with E-state index in [0.29, 0.717) is 6.61 Å². The molecule has 1 heterocycles. The molecule has 86 valence electrons. The van der Waals surface area contributed by atoms with Crippen molar-refractivity contribution in [2.24, 2.45) is 5.92 Å². The highest BCUT2D eigenvalue weighted by Gasteiger charge is 2.26. The number of ether oxygens (including phenoxy) is 1. The van der Waals surface area contributed by atoms with Crippen LogP contribution in [-0.4, -0.2) is 19.6 Å². The number of fused-ring (bicyclic) bond motifs is 1. The molecular weight excluding hydrogens is 202 g/mol. The number of carbonyl (C=O) groups is 1. The average Bonchev–Trinajstić information content (AvgIpc) is 2.42. The maximum Gasteiger partial charge on any atom is 0.233 e. The van der Waals surface area contributed by atoms with Crippen LogP contribution in [0.1, 0.15) is 19.4 Å². The van der Waals surface area contributed by atoms with E-state index in [1.165, 1.54) is 0 Å². The van der Waals surface area contributed by atoms with E-state index in [9.17, 15) is 4.79 Å². The first-order valence-corrected chi connectivity index (χ1v) is 5.67. The Kier molecular flexibility index (Phi) is 2.86. The van der Waals surface area contributed by atoms with Crippen LogP contribution >= 0.6 is 0 Å². The van der Waals surface area contributed by atoms with Crippen LogP contribution in [0.25, 0.3) is 0 Å². The summed E-state index contributed by atoms with van der Waals surface area (Å²) in [4.78, 5) is 13.7. The van der Waals surface area contributed by atoms with Crippen LogP contribution in [0.2, 0.25) is 0 Å². The fourth-order valence-corrected chi connectivity index (χ4v) is 2.01. The molecule has 1 aliphatic heterocycles. The average molecular weight is 219 g/mol. The molecular formula is C13H17NO2. The van der Waals surface area contributed by atoms with Crippen LogP contribution in [0.5, 0.6) is 5.75 Å². The molecule has 0 bridgehead atoms. The first-order chi connectivity index (χ1) is 7.65. The van der Waals surface area contributed by atoms with Crippen molar-refractivity contribution in [3.63, 3.8) is 0 Å². The molecule has 1 amide bonds. The number of hydrogen-bond donors (Lipinski definition) is 0. The first-order valence-electron chi connectivity index (χ1n) is 5.67. The first kappa shape index (κ1) is 11.0. The Morgan fingerprint density at radius 3 is 2.94 bits per heavy atom. The van der Waals surface area contributed by atoms with Crippen LogP contribution in [0.4, 0.5) is 5.69 Å². The zero-order valence-electron chi connectivity index (χ0n) is 9.99. The highest BCUT2D eigenvalue weighted by molar-refractivity contribution is 5.96. The van der Waals surface area contributed by atoms with Gasteiger partial charge >= 0.3 is 0 Å². The summed E-state index contributed by atoms with van der Waals surface area (Å²) in [6, 6.07) is 5.96. The number of benzene rings is 1. The number of hydrogen-bond acceptors (Lipinski definition) is 2. The van der Waals surface area contributed by atoms with Gasteiger partial charge in [-0.2, -0.15) is 0 Å². The summed E-state index contributed by atoms with van der Waals surface area (Å²) in [5.74, 6) is 0.902. The highest BCUT2D eigenvalue weighted by atomic mass is 16.5. The molecule has 0 saturated carbocycles. The van der Waals surface area contributed by atoms with Gasteiger partial charge in [0.2, 0.25) is 5.91 Å². The van der Waals surface area contributed by atoms with E-state index in [-0.39, 0.29) is 11.8 Å². The molecule has 0 N–H and O–H groups in total. The Bertz CT molecular complexity index is 414. The minimum atomic E-state index is -0.0814. The molecule has 0 aromatic heterocycles. The number of amides is 1. The van der Waals surface area contributed by atoms with E-state index >= 15 is 0 Å². The van der Waals surface area contributed by atoms with Crippen LogP contribution in [-0.2, 0) is 11.2 Å². The molecule has 0 spiro atoms. The zero-order valence-corrected chi connectivity index (χ0v) is 9.99. The van der Waals surface area contributed by atoms with Crippen LogP contribution in [0.15, 0.2) is 18.2 Å². The van der Waals surface area contributed by atoms with Crippen LogP contribution < -0.4 is 9.64 Å². The van der Waals surface area contributed by atoms with Gasteiger partial charge in [-0.15, -0.1) is 0 Å². The molecule has 1 aliphatic rings. The molecule has 2 rings (SSSR count). The molecule has 1 aromatic carbocycles. The largest absolute Gasteiger partial charge is 0.490 e. The molecule has 0 saturated heterocycles. The second kappa shape index (κ2) is 4.16. The van der Waals surface area contributed by atoms with E-state index in [1.807, 2.05) is 32.2 Å². The van der Waals surface area contributed by atoms with Crippen molar-refractivity contribution >= 4 is 11.6 Å². The lowest BCUT2D eigenvalue weighted by Gasteiger charge is -2.18. The Labute approximate surface area is 96.0 Å². The van der Waals surface area contributed by atoms with E-state index in [4.69, 9.17) is 4.74 Å². The summed E-state index contributed by atoms with van der Waals surface area (Å²) >= 11 is 0. The van der Waals surface area contributed by atoms with Gasteiger partial charge in [0.25, 0.3) is 0 Å². The van der Waals surface area contributed by atoms with Gasteiger partial charge in [-0.25, -0.2) is 0 Å². The van der Waals surface area contributed by atoms with Crippen molar-refractivity contribution in [3.8, 4) is 5.75 Å². The molecule has 3 nitrogen and oxygen atoms in total. The van der Waals surface area contributed by atoms with Crippen LogP contribution in [0, 0.1) is 5.92 Å². The smallest absolute Gasteiger partial charge is 0.233 e. The maximum absolute atomic E-state index is 12.0. The van der Waals surface area contributed by atoms with Gasteiger partial charge in [0.1, 0.15) is 5.75 Å². The number of para-hydroxylation sites is 1. The fourth-order valence-electron chi connectivity index (χ4n) is 2.01. The molecule has 0 radical (unpaired) electrons. The predicted octanol–water partition coefficient (Wildman–Crippen LogP) is 2.24. The van der Waals surface area contributed by atoms with Gasteiger partial charge in [-0.05, 0) is 18.1 Å². The van der Waals surface area contributed by atoms with Gasteiger partial charge in [0.05, 0.1) is 18.2 Å². The minimum absolute atomic E-state index is 0.0814. The van der Waals surface area contributed by atoms with Gasteiger partial charge in [0.15, 0.2) is 0 Å². The number of anilines is 1. The molecule has 1 atom stereocenters. The van der Waals surface area contributed by atoms with E-state index in [1.54, 1.807) is 4.90 Å². The van der Waals surface area contributed by atoms with Crippen molar-refractivity contribution in [2.45, 2.75) is 20.3 Å². The second-order valence-corrected chi connectivity index (χ2v) is 4.23. The molecule has 0 fully saturated rings. The summed E-state index contributed by atoms with van der Waals surface area (Å²) in [6.07, 6.45) is 0.916. The summed E-state index contributed by atoms with van der Waals surface area (Å²) in [5.41, 5.74) is 2.04.